The van der Waals surface area contributed by atoms with Gasteiger partial charge in [0.15, 0.2) is 0 Å². The highest BCUT2D eigenvalue weighted by Crippen LogP contribution is 2.03. The number of hydrogen-bond acceptors (Lipinski definition) is 4. The number of urea groups is 1. The number of nitrogens with one attached hydrogen (secondary N) is 1. The van der Waals surface area contributed by atoms with Crippen LogP contribution in [0.2, 0.25) is 0 Å². The molecule has 0 bridgehead atoms. The molecule has 1 N–H and O–H groups in total. The highest BCUT2D eigenvalue weighted by Gasteiger charge is 2.40. The van der Waals surface area contributed by atoms with E-state index in [4.69, 9.17) is 0 Å². The van der Waals surface area contributed by atoms with Crippen molar-refractivity contribution in [3.8, 4) is 0 Å². The van der Waals surface area contributed by atoms with E-state index in [9.17, 15) is 14.4 Å². The van der Waals surface area contributed by atoms with Gasteiger partial charge in [-0.15, -0.1) is 0 Å². The summed E-state index contributed by atoms with van der Waals surface area (Å²) in [5, 5.41) is 2.17. The van der Waals surface area contributed by atoms with Crippen LogP contribution in [0.4, 0.5) is 4.79 Å². The number of imide groups is 1. The first-order chi connectivity index (χ1) is 5.57. The first-order valence-corrected chi connectivity index (χ1v) is 3.24. The maximum atomic E-state index is 11.1. The summed E-state index contributed by atoms with van der Waals surface area (Å²) in [4.78, 5) is 33.5. The third kappa shape index (κ3) is 1.11. The van der Waals surface area contributed by atoms with Gasteiger partial charge < -0.3 is 10.1 Å². The maximum absolute atomic E-state index is 11.1. The van der Waals surface area contributed by atoms with Crippen molar-refractivity contribution in [3.63, 3.8) is 0 Å². The lowest BCUT2D eigenvalue weighted by molar-refractivity contribution is -0.146. The van der Waals surface area contributed by atoms with Crippen molar-refractivity contribution >= 4 is 17.9 Å². The summed E-state index contributed by atoms with van der Waals surface area (Å²) in [6, 6.07) is -1.76. The molecule has 1 heterocycles. The molecule has 1 rings (SSSR count). The number of hydrogen-bond donors (Lipinski definition) is 1. The zero-order valence-corrected chi connectivity index (χ0v) is 6.66. The molecule has 1 fully saturated rings. The van der Waals surface area contributed by atoms with E-state index in [0.717, 1.165) is 12.0 Å². The topological polar surface area (TPSA) is 75.7 Å². The Bertz CT molecular complexity index is 250. The van der Waals surface area contributed by atoms with Crippen LogP contribution in [0, 0.1) is 0 Å². The third-order valence-electron chi connectivity index (χ3n) is 1.59. The molecule has 1 saturated heterocycles. The van der Waals surface area contributed by atoms with Gasteiger partial charge in [0, 0.05) is 7.05 Å². The quantitative estimate of drug-likeness (QED) is 0.303. The average Bonchev–Trinajstić information content (AvgIpc) is 2.32. The molecular formula is C6H8N2O4. The molecule has 1 aliphatic heterocycles. The molecule has 1 atom stereocenters. The lowest BCUT2D eigenvalue weighted by Crippen LogP contribution is -2.38. The van der Waals surface area contributed by atoms with Crippen molar-refractivity contribution in [1.82, 2.24) is 10.2 Å². The summed E-state index contributed by atoms with van der Waals surface area (Å²) in [5.74, 6) is -1.34. The summed E-state index contributed by atoms with van der Waals surface area (Å²) in [6.07, 6.45) is 0. The first kappa shape index (κ1) is 8.51. The molecule has 3 amide bonds. The summed E-state index contributed by atoms with van der Waals surface area (Å²) in [5.41, 5.74) is 0. The molecule has 0 aliphatic carbocycles. The van der Waals surface area contributed by atoms with Crippen molar-refractivity contribution in [3.05, 3.63) is 0 Å². The number of carbonyl (C=O) groups excluding carboxylic acids is 3. The molecule has 0 radical (unpaired) electrons. The van der Waals surface area contributed by atoms with Gasteiger partial charge in [0.1, 0.15) is 0 Å². The predicted molar refractivity (Wildman–Crippen MR) is 37.1 cm³/mol. The van der Waals surface area contributed by atoms with Crippen LogP contribution < -0.4 is 5.32 Å². The second-order valence-electron chi connectivity index (χ2n) is 2.30. The Labute approximate surface area is 68.5 Å². The molecule has 6 heteroatoms. The second-order valence-corrected chi connectivity index (χ2v) is 2.30. The Morgan fingerprint density at radius 2 is 2.17 bits per heavy atom. The van der Waals surface area contributed by atoms with Crippen LogP contribution >= 0.6 is 0 Å². The van der Waals surface area contributed by atoms with Crippen LogP contribution in [-0.2, 0) is 14.3 Å². The molecule has 0 aromatic rings. The van der Waals surface area contributed by atoms with Crippen molar-refractivity contribution in [2.24, 2.45) is 0 Å². The number of rotatable bonds is 1. The molecule has 12 heavy (non-hydrogen) atoms. The van der Waals surface area contributed by atoms with Crippen LogP contribution in [-0.4, -0.2) is 43.0 Å². The number of esters is 1. The van der Waals surface area contributed by atoms with Gasteiger partial charge in [-0.1, -0.05) is 0 Å². The van der Waals surface area contributed by atoms with E-state index in [1.165, 1.54) is 7.05 Å². The van der Waals surface area contributed by atoms with Gasteiger partial charge in [0.2, 0.25) is 6.04 Å². The summed E-state index contributed by atoms with van der Waals surface area (Å²) in [7, 11) is 2.45. The lowest BCUT2D eigenvalue weighted by atomic mass is 10.3. The molecular weight excluding hydrogens is 164 g/mol. The second kappa shape index (κ2) is 2.80. The standard InChI is InChI=1S/C6H8N2O4/c1-8-4(9)3(5(10)12-2)7-6(8)11/h3H,1-2H3,(H,7,11). The zero-order chi connectivity index (χ0) is 9.30. The monoisotopic (exact) mass is 172 g/mol. The number of nitrogens with zero attached hydrogens (tertiary/aromatic N) is 1. The van der Waals surface area contributed by atoms with E-state index >= 15 is 0 Å². The SMILES string of the molecule is COC(=O)C1NC(=O)N(C)C1=O. The van der Waals surface area contributed by atoms with E-state index in [1.54, 1.807) is 0 Å². The van der Waals surface area contributed by atoms with Gasteiger partial charge in [0.05, 0.1) is 7.11 Å². The largest absolute Gasteiger partial charge is 0.467 e. The van der Waals surface area contributed by atoms with Crippen LogP contribution in [0.5, 0.6) is 0 Å². The van der Waals surface area contributed by atoms with Crippen molar-refractivity contribution in [2.45, 2.75) is 6.04 Å². The highest BCUT2D eigenvalue weighted by atomic mass is 16.5. The molecule has 1 unspecified atom stereocenters. The van der Waals surface area contributed by atoms with E-state index in [-0.39, 0.29) is 0 Å². The number of ether oxygens (including phenoxy) is 1. The molecule has 0 saturated carbocycles. The van der Waals surface area contributed by atoms with Gasteiger partial charge >= 0.3 is 12.0 Å². The Kier molecular flexibility index (Phi) is 1.99. The minimum atomic E-state index is -1.17. The van der Waals surface area contributed by atoms with Crippen molar-refractivity contribution in [2.75, 3.05) is 14.2 Å². The van der Waals surface area contributed by atoms with Crippen LogP contribution in [0.3, 0.4) is 0 Å². The Morgan fingerprint density at radius 1 is 1.58 bits per heavy atom. The average molecular weight is 172 g/mol. The normalized spacial score (nSPS) is 22.5. The van der Waals surface area contributed by atoms with E-state index in [2.05, 4.69) is 10.1 Å². The fraction of sp³-hybridized carbons (Fsp3) is 0.500. The Morgan fingerprint density at radius 3 is 2.50 bits per heavy atom. The van der Waals surface area contributed by atoms with E-state index in [0.29, 0.717) is 0 Å². The third-order valence-corrected chi connectivity index (χ3v) is 1.59. The molecule has 0 aromatic heterocycles. The Hall–Kier alpha value is -1.59. The van der Waals surface area contributed by atoms with Crippen molar-refractivity contribution in [1.29, 1.82) is 0 Å². The number of carbonyl (C=O) groups is 3. The zero-order valence-electron chi connectivity index (χ0n) is 6.66. The fourth-order valence-corrected chi connectivity index (χ4v) is 0.853. The van der Waals surface area contributed by atoms with E-state index in [1.807, 2.05) is 0 Å². The Balaban J connectivity index is 2.78. The smallest absolute Gasteiger partial charge is 0.338 e. The molecule has 6 nitrogen and oxygen atoms in total. The van der Waals surface area contributed by atoms with Gasteiger partial charge in [-0.25, -0.2) is 9.59 Å². The van der Waals surface area contributed by atoms with Crippen LogP contribution in [0.15, 0.2) is 0 Å². The summed E-state index contributed by atoms with van der Waals surface area (Å²) >= 11 is 0. The highest BCUT2D eigenvalue weighted by molar-refractivity contribution is 6.14. The minimum absolute atomic E-state index is 0.588. The van der Waals surface area contributed by atoms with Gasteiger partial charge in [-0.3, -0.25) is 9.69 Å². The maximum Gasteiger partial charge on any atom is 0.338 e. The van der Waals surface area contributed by atoms with Crippen molar-refractivity contribution < 1.29 is 19.1 Å². The summed E-state index contributed by atoms with van der Waals surface area (Å²) < 4.78 is 4.30. The number of likely N-dealkylation sites (N-methyl/N-ethyl adjacent to an activating group) is 1. The summed E-state index contributed by atoms with van der Waals surface area (Å²) in [6.45, 7) is 0. The molecule has 0 aromatic carbocycles. The molecule has 0 spiro atoms. The number of amides is 3. The van der Waals surface area contributed by atoms with Gasteiger partial charge in [-0.2, -0.15) is 0 Å². The van der Waals surface area contributed by atoms with Crippen LogP contribution in [0.25, 0.3) is 0 Å². The molecule has 66 valence electrons. The van der Waals surface area contributed by atoms with Gasteiger partial charge in [0.25, 0.3) is 5.91 Å². The first-order valence-electron chi connectivity index (χ1n) is 3.24. The molecule has 1 aliphatic rings. The lowest BCUT2D eigenvalue weighted by Gasteiger charge is -2.03. The number of methoxy groups -OCH3 is 1. The minimum Gasteiger partial charge on any atom is -0.467 e. The predicted octanol–water partition coefficient (Wildman–Crippen LogP) is -1.29. The van der Waals surface area contributed by atoms with Gasteiger partial charge in [-0.05, 0) is 0 Å². The van der Waals surface area contributed by atoms with Crippen LogP contribution in [0.1, 0.15) is 0 Å². The fourth-order valence-electron chi connectivity index (χ4n) is 0.853. The van der Waals surface area contributed by atoms with E-state index < -0.39 is 23.9 Å².